The SMILES string of the molecule is CCn1nccc1C(N)CCC(F)(F)F. The largest absolute Gasteiger partial charge is 0.389 e. The molecule has 3 nitrogen and oxygen atoms in total. The quantitative estimate of drug-likeness (QED) is 0.847. The van der Waals surface area contributed by atoms with Crippen LogP contribution in [0.3, 0.4) is 0 Å². The first-order chi connectivity index (χ1) is 6.94. The highest BCUT2D eigenvalue weighted by Gasteiger charge is 2.28. The van der Waals surface area contributed by atoms with Crippen LogP contribution in [-0.2, 0) is 6.54 Å². The second-order valence-electron chi connectivity index (χ2n) is 3.33. The number of alkyl halides is 3. The maximum Gasteiger partial charge on any atom is 0.389 e. The summed E-state index contributed by atoms with van der Waals surface area (Å²) in [4.78, 5) is 0. The molecule has 1 heterocycles. The molecule has 0 amide bonds. The van der Waals surface area contributed by atoms with E-state index in [9.17, 15) is 13.2 Å². The minimum absolute atomic E-state index is 0.102. The number of rotatable bonds is 4. The van der Waals surface area contributed by atoms with Gasteiger partial charge in [-0.15, -0.1) is 0 Å². The van der Waals surface area contributed by atoms with Crippen LogP contribution >= 0.6 is 0 Å². The van der Waals surface area contributed by atoms with E-state index in [1.54, 1.807) is 16.9 Å². The first kappa shape index (κ1) is 12.0. The maximum absolute atomic E-state index is 12.0. The average Bonchev–Trinajstić information content (AvgIpc) is 2.60. The minimum Gasteiger partial charge on any atom is -0.323 e. The standard InChI is InChI=1S/C9H14F3N3/c1-2-15-8(4-6-14-15)7(13)3-5-9(10,11)12/h4,6-7H,2-3,5,13H2,1H3. The van der Waals surface area contributed by atoms with Crippen LogP contribution in [0.2, 0.25) is 0 Å². The van der Waals surface area contributed by atoms with Crippen LogP contribution < -0.4 is 5.73 Å². The van der Waals surface area contributed by atoms with Gasteiger partial charge in [0.1, 0.15) is 0 Å². The van der Waals surface area contributed by atoms with Gasteiger partial charge in [-0.1, -0.05) is 0 Å². The van der Waals surface area contributed by atoms with Crippen molar-refractivity contribution in [2.75, 3.05) is 0 Å². The molecule has 0 aliphatic rings. The Bertz CT molecular complexity index is 306. The molecular formula is C9H14F3N3. The minimum atomic E-state index is -4.14. The molecule has 2 N–H and O–H groups in total. The van der Waals surface area contributed by atoms with Crippen LogP contribution in [0.15, 0.2) is 12.3 Å². The van der Waals surface area contributed by atoms with Crippen molar-refractivity contribution in [2.24, 2.45) is 5.73 Å². The van der Waals surface area contributed by atoms with Crippen LogP contribution in [0, 0.1) is 0 Å². The second-order valence-corrected chi connectivity index (χ2v) is 3.33. The lowest BCUT2D eigenvalue weighted by Gasteiger charge is -2.14. The lowest BCUT2D eigenvalue weighted by atomic mass is 10.1. The van der Waals surface area contributed by atoms with E-state index < -0.39 is 18.6 Å². The van der Waals surface area contributed by atoms with Gasteiger partial charge >= 0.3 is 6.18 Å². The summed E-state index contributed by atoms with van der Waals surface area (Å²) in [5.74, 6) is 0. The zero-order valence-electron chi connectivity index (χ0n) is 8.46. The van der Waals surface area contributed by atoms with Gasteiger partial charge in [-0.05, 0) is 19.4 Å². The van der Waals surface area contributed by atoms with Gasteiger partial charge in [-0.3, -0.25) is 4.68 Å². The summed E-state index contributed by atoms with van der Waals surface area (Å²) in [7, 11) is 0. The van der Waals surface area contributed by atoms with Crippen molar-refractivity contribution in [3.8, 4) is 0 Å². The normalized spacial score (nSPS) is 14.2. The Labute approximate surface area is 86.1 Å². The molecule has 6 heteroatoms. The van der Waals surface area contributed by atoms with Gasteiger partial charge < -0.3 is 5.73 Å². The number of aryl methyl sites for hydroxylation is 1. The molecule has 0 saturated carbocycles. The molecule has 0 spiro atoms. The van der Waals surface area contributed by atoms with Gasteiger partial charge in [-0.25, -0.2) is 0 Å². The smallest absolute Gasteiger partial charge is 0.323 e. The lowest BCUT2D eigenvalue weighted by Crippen LogP contribution is -2.19. The molecule has 0 fully saturated rings. The fourth-order valence-corrected chi connectivity index (χ4v) is 1.39. The van der Waals surface area contributed by atoms with Gasteiger partial charge in [0.2, 0.25) is 0 Å². The lowest BCUT2D eigenvalue weighted by molar-refractivity contribution is -0.136. The zero-order valence-corrected chi connectivity index (χ0v) is 8.46. The third-order valence-corrected chi connectivity index (χ3v) is 2.17. The predicted molar refractivity (Wildman–Crippen MR) is 50.1 cm³/mol. The third-order valence-electron chi connectivity index (χ3n) is 2.17. The van der Waals surface area contributed by atoms with E-state index in [4.69, 9.17) is 5.73 Å². The number of hydrogen-bond acceptors (Lipinski definition) is 2. The van der Waals surface area contributed by atoms with E-state index in [1.807, 2.05) is 6.92 Å². The van der Waals surface area contributed by atoms with Crippen molar-refractivity contribution < 1.29 is 13.2 Å². The van der Waals surface area contributed by atoms with E-state index in [0.29, 0.717) is 12.2 Å². The zero-order chi connectivity index (χ0) is 11.5. The molecule has 0 aliphatic heterocycles. The molecule has 0 bridgehead atoms. The summed E-state index contributed by atoms with van der Waals surface area (Å²) >= 11 is 0. The molecule has 0 radical (unpaired) electrons. The fraction of sp³-hybridized carbons (Fsp3) is 0.667. The number of nitrogens with two attached hydrogens (primary N) is 1. The molecule has 1 atom stereocenters. The Morgan fingerprint density at radius 2 is 2.20 bits per heavy atom. The first-order valence-electron chi connectivity index (χ1n) is 4.78. The first-order valence-corrected chi connectivity index (χ1v) is 4.78. The Balaban J connectivity index is 2.57. The van der Waals surface area contributed by atoms with E-state index >= 15 is 0 Å². The van der Waals surface area contributed by atoms with Crippen LogP contribution in [-0.4, -0.2) is 16.0 Å². The van der Waals surface area contributed by atoms with E-state index in [0.717, 1.165) is 0 Å². The Kier molecular flexibility index (Phi) is 3.73. The van der Waals surface area contributed by atoms with Crippen LogP contribution in [0.4, 0.5) is 13.2 Å². The van der Waals surface area contributed by atoms with Gasteiger partial charge in [0, 0.05) is 25.2 Å². The summed E-state index contributed by atoms with van der Waals surface area (Å²) in [6.45, 7) is 2.48. The van der Waals surface area contributed by atoms with Crippen molar-refractivity contribution in [2.45, 2.75) is 38.5 Å². The number of aromatic nitrogens is 2. The van der Waals surface area contributed by atoms with Crippen molar-refractivity contribution >= 4 is 0 Å². The number of halogens is 3. The summed E-state index contributed by atoms with van der Waals surface area (Å²) in [5, 5.41) is 3.96. The van der Waals surface area contributed by atoms with Gasteiger partial charge in [0.15, 0.2) is 0 Å². The molecule has 0 aromatic carbocycles. The summed E-state index contributed by atoms with van der Waals surface area (Å²) < 4.78 is 37.5. The molecule has 15 heavy (non-hydrogen) atoms. The third kappa shape index (κ3) is 3.54. The molecule has 0 aliphatic carbocycles. The maximum atomic E-state index is 12.0. The van der Waals surface area contributed by atoms with E-state index in [2.05, 4.69) is 5.10 Å². The summed E-state index contributed by atoms with van der Waals surface area (Å²) in [6.07, 6.45) is -3.56. The highest BCUT2D eigenvalue weighted by Crippen LogP contribution is 2.26. The highest BCUT2D eigenvalue weighted by molar-refractivity contribution is 5.06. The molecule has 1 aromatic rings. The Morgan fingerprint density at radius 3 is 2.73 bits per heavy atom. The summed E-state index contributed by atoms with van der Waals surface area (Å²) in [5.41, 5.74) is 6.32. The topological polar surface area (TPSA) is 43.8 Å². The van der Waals surface area contributed by atoms with Crippen molar-refractivity contribution in [3.05, 3.63) is 18.0 Å². The van der Waals surface area contributed by atoms with Crippen molar-refractivity contribution in [1.29, 1.82) is 0 Å². The average molecular weight is 221 g/mol. The second kappa shape index (κ2) is 4.65. The van der Waals surface area contributed by atoms with Crippen LogP contribution in [0.1, 0.15) is 31.5 Å². The van der Waals surface area contributed by atoms with E-state index in [1.165, 1.54) is 0 Å². The van der Waals surface area contributed by atoms with Crippen LogP contribution in [0.25, 0.3) is 0 Å². The van der Waals surface area contributed by atoms with Crippen molar-refractivity contribution in [3.63, 3.8) is 0 Å². The molecule has 1 unspecified atom stereocenters. The summed E-state index contributed by atoms with van der Waals surface area (Å²) in [6, 6.07) is 1.05. The Morgan fingerprint density at radius 1 is 1.53 bits per heavy atom. The number of nitrogens with zero attached hydrogens (tertiary/aromatic N) is 2. The Hall–Kier alpha value is -1.04. The predicted octanol–water partition coefficient (Wildman–Crippen LogP) is 2.25. The number of hydrogen-bond donors (Lipinski definition) is 1. The monoisotopic (exact) mass is 221 g/mol. The van der Waals surface area contributed by atoms with Crippen molar-refractivity contribution in [1.82, 2.24) is 9.78 Å². The van der Waals surface area contributed by atoms with Gasteiger partial charge in [0.05, 0.1) is 5.69 Å². The van der Waals surface area contributed by atoms with Crippen LogP contribution in [0.5, 0.6) is 0 Å². The highest BCUT2D eigenvalue weighted by atomic mass is 19.4. The fourth-order valence-electron chi connectivity index (χ4n) is 1.39. The molecular weight excluding hydrogens is 207 g/mol. The molecule has 86 valence electrons. The van der Waals surface area contributed by atoms with Gasteiger partial charge in [0.25, 0.3) is 0 Å². The van der Waals surface area contributed by atoms with E-state index in [-0.39, 0.29) is 6.42 Å². The molecule has 0 saturated heterocycles. The molecule has 1 rings (SSSR count). The molecule has 1 aromatic heterocycles. The van der Waals surface area contributed by atoms with Gasteiger partial charge in [-0.2, -0.15) is 18.3 Å².